The maximum absolute atomic E-state index is 13.6. The van der Waals surface area contributed by atoms with Gasteiger partial charge in [0.1, 0.15) is 24.5 Å². The first-order valence-electron chi connectivity index (χ1n) is 13.2. The summed E-state index contributed by atoms with van der Waals surface area (Å²) in [5, 5.41) is 5.24. The van der Waals surface area contributed by atoms with Crippen molar-refractivity contribution in [3.8, 4) is 17.0 Å². The molecule has 6 aromatic rings. The van der Waals surface area contributed by atoms with Crippen LogP contribution in [0.2, 0.25) is 0 Å². The van der Waals surface area contributed by atoms with Crippen molar-refractivity contribution in [1.29, 1.82) is 0 Å². The van der Waals surface area contributed by atoms with Gasteiger partial charge in [-0.05, 0) is 72.5 Å². The van der Waals surface area contributed by atoms with Crippen LogP contribution >= 0.6 is 0 Å². The number of ether oxygens (including phenoxy) is 1. The van der Waals surface area contributed by atoms with Gasteiger partial charge in [0.05, 0.1) is 16.9 Å². The first-order chi connectivity index (χ1) is 19.2. The molecule has 192 valence electrons. The van der Waals surface area contributed by atoms with E-state index in [1.54, 1.807) is 16.8 Å². The number of pyridine rings is 1. The van der Waals surface area contributed by atoms with E-state index in [0.717, 1.165) is 59.3 Å². The standard InChI is InChI=1S/C32H26FN5O/c33-24-9-13-29-22(18-24)8-10-25(37-29)20-39-26-11-12-27(30-14-17-34-31-35-21-36-38(30)31)28(19-26)32(15-4-5-16-32)23-6-2-1-3-7-23/h1-3,6-14,17-19,21H,4-5,15-16,20H2. The zero-order valence-corrected chi connectivity index (χ0v) is 21.3. The van der Waals surface area contributed by atoms with Crippen LogP contribution in [0.15, 0.2) is 97.5 Å². The number of hydrogen-bond donors (Lipinski definition) is 0. The number of hydrogen-bond acceptors (Lipinski definition) is 5. The Bertz CT molecular complexity index is 1790. The van der Waals surface area contributed by atoms with Crippen molar-refractivity contribution in [2.24, 2.45) is 0 Å². The van der Waals surface area contributed by atoms with Crippen LogP contribution in [0.5, 0.6) is 5.75 Å². The van der Waals surface area contributed by atoms with E-state index in [4.69, 9.17) is 4.74 Å². The molecule has 7 heteroatoms. The maximum Gasteiger partial charge on any atom is 0.252 e. The summed E-state index contributed by atoms with van der Waals surface area (Å²) in [5.41, 5.74) is 5.97. The second kappa shape index (κ2) is 9.58. The molecule has 6 nitrogen and oxygen atoms in total. The van der Waals surface area contributed by atoms with Crippen LogP contribution in [0, 0.1) is 5.82 Å². The summed E-state index contributed by atoms with van der Waals surface area (Å²) in [6.07, 6.45) is 7.76. The summed E-state index contributed by atoms with van der Waals surface area (Å²) in [7, 11) is 0. The molecule has 0 aliphatic heterocycles. The normalized spacial score (nSPS) is 14.7. The Morgan fingerprint density at radius 3 is 2.62 bits per heavy atom. The third kappa shape index (κ3) is 4.20. The number of benzene rings is 3. The molecule has 7 rings (SSSR count). The first kappa shape index (κ1) is 23.5. The predicted molar refractivity (Wildman–Crippen MR) is 148 cm³/mol. The van der Waals surface area contributed by atoms with Crippen molar-refractivity contribution < 1.29 is 9.13 Å². The average Bonchev–Trinajstić information content (AvgIpc) is 3.67. The summed E-state index contributed by atoms with van der Waals surface area (Å²) in [4.78, 5) is 13.3. The molecule has 0 atom stereocenters. The quantitative estimate of drug-likeness (QED) is 0.241. The van der Waals surface area contributed by atoms with Gasteiger partial charge in [0, 0.05) is 22.6 Å². The van der Waals surface area contributed by atoms with Crippen molar-refractivity contribution in [1.82, 2.24) is 24.6 Å². The van der Waals surface area contributed by atoms with Crippen molar-refractivity contribution in [3.63, 3.8) is 0 Å². The lowest BCUT2D eigenvalue weighted by molar-refractivity contribution is 0.301. The molecular weight excluding hydrogens is 489 g/mol. The summed E-state index contributed by atoms with van der Waals surface area (Å²) in [6.45, 7) is 0.313. The molecule has 0 bridgehead atoms. The second-order valence-corrected chi connectivity index (χ2v) is 10.1. The van der Waals surface area contributed by atoms with E-state index in [0.29, 0.717) is 12.4 Å². The van der Waals surface area contributed by atoms with Crippen LogP contribution in [0.1, 0.15) is 42.5 Å². The Kier molecular flexibility index (Phi) is 5.77. The summed E-state index contributed by atoms with van der Waals surface area (Å²) in [5.74, 6) is 1.08. The van der Waals surface area contributed by atoms with Crippen LogP contribution in [0.3, 0.4) is 0 Å². The zero-order chi connectivity index (χ0) is 26.2. The van der Waals surface area contributed by atoms with Crippen LogP contribution in [-0.4, -0.2) is 24.6 Å². The molecule has 39 heavy (non-hydrogen) atoms. The van der Waals surface area contributed by atoms with Crippen molar-refractivity contribution in [3.05, 3.63) is 120 Å². The lowest BCUT2D eigenvalue weighted by Crippen LogP contribution is -2.25. The molecule has 3 heterocycles. The number of nitrogens with zero attached hydrogens (tertiary/aromatic N) is 5. The van der Waals surface area contributed by atoms with Gasteiger partial charge in [-0.2, -0.15) is 14.6 Å². The molecule has 3 aromatic heterocycles. The van der Waals surface area contributed by atoms with E-state index in [-0.39, 0.29) is 11.2 Å². The van der Waals surface area contributed by atoms with Gasteiger partial charge in [-0.25, -0.2) is 14.4 Å². The Hall–Kier alpha value is -4.65. The van der Waals surface area contributed by atoms with Crippen molar-refractivity contribution in [2.45, 2.75) is 37.7 Å². The third-order valence-electron chi connectivity index (χ3n) is 7.84. The molecule has 0 amide bonds. The molecule has 1 saturated carbocycles. The zero-order valence-electron chi connectivity index (χ0n) is 21.3. The fraction of sp³-hybridized carbons (Fsp3) is 0.188. The molecule has 0 spiro atoms. The number of halogens is 1. The minimum atomic E-state index is -0.266. The molecule has 0 N–H and O–H groups in total. The van der Waals surface area contributed by atoms with Gasteiger partial charge in [0.15, 0.2) is 0 Å². The van der Waals surface area contributed by atoms with Gasteiger partial charge >= 0.3 is 0 Å². The fourth-order valence-electron chi connectivity index (χ4n) is 6.00. The van der Waals surface area contributed by atoms with Gasteiger partial charge < -0.3 is 4.74 Å². The molecule has 0 radical (unpaired) electrons. The van der Waals surface area contributed by atoms with Gasteiger partial charge in [0.25, 0.3) is 5.78 Å². The van der Waals surface area contributed by atoms with Crippen molar-refractivity contribution >= 4 is 16.7 Å². The fourth-order valence-corrected chi connectivity index (χ4v) is 6.00. The van der Waals surface area contributed by atoms with Gasteiger partial charge in [-0.3, -0.25) is 0 Å². The van der Waals surface area contributed by atoms with Crippen LogP contribution in [0.4, 0.5) is 4.39 Å². The predicted octanol–water partition coefficient (Wildman–Crippen LogP) is 6.92. The first-order valence-corrected chi connectivity index (χ1v) is 13.2. The summed E-state index contributed by atoms with van der Waals surface area (Å²) < 4.78 is 21.7. The monoisotopic (exact) mass is 515 g/mol. The highest BCUT2D eigenvalue weighted by Crippen LogP contribution is 2.50. The molecule has 1 fully saturated rings. The van der Waals surface area contributed by atoms with E-state index in [1.807, 2.05) is 24.3 Å². The molecule has 3 aromatic carbocycles. The van der Waals surface area contributed by atoms with Gasteiger partial charge in [-0.1, -0.05) is 49.2 Å². The number of aromatic nitrogens is 5. The molecular formula is C32H26FN5O. The Morgan fingerprint density at radius 1 is 0.872 bits per heavy atom. The molecule has 0 saturated heterocycles. The molecule has 1 aliphatic carbocycles. The Balaban J connectivity index is 1.32. The van der Waals surface area contributed by atoms with Crippen LogP contribution in [-0.2, 0) is 12.0 Å². The smallest absolute Gasteiger partial charge is 0.252 e. The topological polar surface area (TPSA) is 65.2 Å². The second-order valence-electron chi connectivity index (χ2n) is 10.1. The van der Waals surface area contributed by atoms with Gasteiger partial charge in [0.2, 0.25) is 0 Å². The number of fused-ring (bicyclic) bond motifs is 2. The van der Waals surface area contributed by atoms with Crippen molar-refractivity contribution in [2.75, 3.05) is 0 Å². The Labute approximate surface area is 225 Å². The van der Waals surface area contributed by atoms with E-state index in [9.17, 15) is 4.39 Å². The minimum Gasteiger partial charge on any atom is -0.487 e. The minimum absolute atomic E-state index is 0.141. The highest BCUT2D eigenvalue weighted by atomic mass is 19.1. The van der Waals surface area contributed by atoms with Gasteiger partial charge in [-0.15, -0.1) is 0 Å². The summed E-state index contributed by atoms with van der Waals surface area (Å²) in [6, 6.07) is 27.5. The summed E-state index contributed by atoms with van der Waals surface area (Å²) >= 11 is 0. The lowest BCUT2D eigenvalue weighted by Gasteiger charge is -2.33. The Morgan fingerprint density at radius 2 is 1.74 bits per heavy atom. The molecule has 1 aliphatic rings. The van der Waals surface area contributed by atoms with Crippen LogP contribution < -0.4 is 4.74 Å². The molecule has 0 unspecified atom stereocenters. The SMILES string of the molecule is Fc1ccc2nc(COc3ccc(-c4ccnc5ncnn45)c(C4(c5ccccc5)CCCC4)c3)ccc2c1. The van der Waals surface area contributed by atoms with E-state index in [1.165, 1.54) is 29.6 Å². The highest BCUT2D eigenvalue weighted by molar-refractivity contribution is 5.78. The third-order valence-corrected chi connectivity index (χ3v) is 7.84. The van der Waals surface area contributed by atoms with Crippen LogP contribution in [0.25, 0.3) is 27.9 Å². The van der Waals surface area contributed by atoms with E-state index < -0.39 is 0 Å². The van der Waals surface area contributed by atoms with E-state index in [2.05, 4.69) is 62.5 Å². The average molecular weight is 516 g/mol. The van der Waals surface area contributed by atoms with E-state index >= 15 is 0 Å². The maximum atomic E-state index is 13.6. The largest absolute Gasteiger partial charge is 0.487 e. The highest BCUT2D eigenvalue weighted by Gasteiger charge is 2.39. The lowest BCUT2D eigenvalue weighted by atomic mass is 9.71. The number of rotatable bonds is 6.